The largest absolute Gasteiger partial charge is 0.506 e. The first-order chi connectivity index (χ1) is 12.5. The molecule has 5 heteroatoms. The van der Waals surface area contributed by atoms with Gasteiger partial charge in [-0.1, -0.05) is 12.1 Å². The van der Waals surface area contributed by atoms with Crippen LogP contribution in [-0.2, 0) is 10.2 Å². The average Bonchev–Trinajstić information content (AvgIpc) is 3.15. The highest BCUT2D eigenvalue weighted by Gasteiger charge is 2.68. The van der Waals surface area contributed by atoms with Gasteiger partial charge in [-0.3, -0.25) is 9.69 Å². The van der Waals surface area contributed by atoms with Gasteiger partial charge in [-0.15, -0.1) is 0 Å². The number of benzene rings is 1. The predicted octanol–water partition coefficient (Wildman–Crippen LogP) is 2.40. The fourth-order valence-corrected chi connectivity index (χ4v) is 7.28. The SMILES string of the molecule is CC(=O)N1c2c(O)cccc2[C@]23CCN4CCC[C@](CCO)(CC[C@@H]12)[C@@H]43. The number of carbonyl (C=O) groups excluding carboxylic acids is 1. The Morgan fingerprint density at radius 1 is 1.27 bits per heavy atom. The molecule has 0 aromatic heterocycles. The molecule has 3 heterocycles. The van der Waals surface area contributed by atoms with Crippen LogP contribution in [0.15, 0.2) is 18.2 Å². The minimum Gasteiger partial charge on any atom is -0.506 e. The van der Waals surface area contributed by atoms with E-state index in [0.717, 1.165) is 56.4 Å². The number of hydrogen-bond acceptors (Lipinski definition) is 4. The van der Waals surface area contributed by atoms with Crippen molar-refractivity contribution in [3.8, 4) is 5.75 Å². The third-order valence-corrected chi connectivity index (χ3v) is 7.89. The fraction of sp³-hybridized carbons (Fsp3) is 0.667. The van der Waals surface area contributed by atoms with Gasteiger partial charge in [-0.05, 0) is 68.7 Å². The Morgan fingerprint density at radius 3 is 2.88 bits per heavy atom. The van der Waals surface area contributed by atoms with Gasteiger partial charge in [0.15, 0.2) is 0 Å². The Bertz CT molecular complexity index is 762. The van der Waals surface area contributed by atoms with Crippen molar-refractivity contribution in [1.29, 1.82) is 0 Å². The molecule has 2 N–H and O–H groups in total. The van der Waals surface area contributed by atoms with E-state index in [-0.39, 0.29) is 35.1 Å². The number of phenolic OH excluding ortho intramolecular Hbond substituents is 1. The highest BCUT2D eigenvalue weighted by Crippen LogP contribution is 2.66. The lowest BCUT2D eigenvalue weighted by molar-refractivity contribution is -0.118. The number of aliphatic hydroxyl groups is 1. The van der Waals surface area contributed by atoms with Crippen LogP contribution in [-0.4, -0.2) is 52.8 Å². The van der Waals surface area contributed by atoms with Gasteiger partial charge in [0, 0.05) is 31.0 Å². The number of carbonyl (C=O) groups is 1. The molecule has 4 aliphatic rings. The Balaban J connectivity index is 1.75. The monoisotopic (exact) mass is 356 g/mol. The molecule has 140 valence electrons. The molecule has 1 aromatic rings. The molecule has 2 saturated heterocycles. The summed E-state index contributed by atoms with van der Waals surface area (Å²) in [6.45, 7) is 4.02. The smallest absolute Gasteiger partial charge is 0.224 e. The van der Waals surface area contributed by atoms with E-state index in [2.05, 4.69) is 11.0 Å². The zero-order chi connectivity index (χ0) is 18.1. The summed E-state index contributed by atoms with van der Waals surface area (Å²) in [6.07, 6.45) is 6.25. The Morgan fingerprint density at radius 2 is 2.12 bits per heavy atom. The first-order valence-electron chi connectivity index (χ1n) is 10.0. The minimum absolute atomic E-state index is 0.0264. The second-order valence-corrected chi connectivity index (χ2v) is 8.79. The van der Waals surface area contributed by atoms with Crippen LogP contribution < -0.4 is 4.90 Å². The maximum Gasteiger partial charge on any atom is 0.224 e. The Hall–Kier alpha value is -1.59. The molecule has 0 unspecified atom stereocenters. The Kier molecular flexibility index (Phi) is 3.48. The van der Waals surface area contributed by atoms with E-state index in [0.29, 0.717) is 6.04 Å². The number of rotatable bonds is 2. The second-order valence-electron chi connectivity index (χ2n) is 8.79. The number of nitrogens with zero attached hydrogens (tertiary/aromatic N) is 2. The van der Waals surface area contributed by atoms with Gasteiger partial charge in [0.25, 0.3) is 0 Å². The van der Waals surface area contributed by atoms with Crippen LogP contribution >= 0.6 is 0 Å². The molecule has 1 amide bonds. The van der Waals surface area contributed by atoms with Crippen LogP contribution in [0.4, 0.5) is 5.69 Å². The van der Waals surface area contributed by atoms with Crippen molar-refractivity contribution in [2.45, 2.75) is 62.9 Å². The lowest BCUT2D eigenvalue weighted by atomic mass is 9.52. The Labute approximate surface area is 154 Å². The molecule has 5 nitrogen and oxygen atoms in total. The number of aliphatic hydroxyl groups excluding tert-OH is 1. The highest BCUT2D eigenvalue weighted by molar-refractivity contribution is 5.98. The molecule has 1 aromatic carbocycles. The van der Waals surface area contributed by atoms with Crippen molar-refractivity contribution in [2.75, 3.05) is 24.6 Å². The number of hydrogen-bond donors (Lipinski definition) is 2. The lowest BCUT2D eigenvalue weighted by Crippen LogP contribution is -2.65. The van der Waals surface area contributed by atoms with Gasteiger partial charge in [0.1, 0.15) is 5.75 Å². The van der Waals surface area contributed by atoms with E-state index in [1.807, 2.05) is 11.0 Å². The summed E-state index contributed by atoms with van der Waals surface area (Å²) in [4.78, 5) is 17.1. The number of phenols is 1. The third-order valence-electron chi connectivity index (χ3n) is 7.89. The van der Waals surface area contributed by atoms with Gasteiger partial charge in [0.2, 0.25) is 5.91 Å². The van der Waals surface area contributed by atoms with Crippen molar-refractivity contribution in [2.24, 2.45) is 5.41 Å². The predicted molar refractivity (Wildman–Crippen MR) is 99.3 cm³/mol. The van der Waals surface area contributed by atoms with Crippen molar-refractivity contribution >= 4 is 11.6 Å². The molecule has 1 spiro atoms. The average molecular weight is 356 g/mol. The molecule has 1 aliphatic carbocycles. The van der Waals surface area contributed by atoms with Crippen molar-refractivity contribution in [1.82, 2.24) is 4.90 Å². The third kappa shape index (κ3) is 1.81. The molecule has 4 atom stereocenters. The molecule has 26 heavy (non-hydrogen) atoms. The molecule has 3 aliphatic heterocycles. The van der Waals surface area contributed by atoms with Crippen molar-refractivity contribution in [3.05, 3.63) is 23.8 Å². The maximum atomic E-state index is 12.6. The van der Waals surface area contributed by atoms with Crippen LogP contribution in [0.1, 0.15) is 51.0 Å². The van der Waals surface area contributed by atoms with Gasteiger partial charge >= 0.3 is 0 Å². The summed E-state index contributed by atoms with van der Waals surface area (Å²) in [7, 11) is 0. The molecule has 0 bridgehead atoms. The summed E-state index contributed by atoms with van der Waals surface area (Å²) >= 11 is 0. The summed E-state index contributed by atoms with van der Waals surface area (Å²) in [5, 5.41) is 20.5. The first kappa shape index (κ1) is 16.6. The first-order valence-corrected chi connectivity index (χ1v) is 10.0. The quantitative estimate of drug-likeness (QED) is 0.854. The van der Waals surface area contributed by atoms with E-state index in [1.165, 1.54) is 6.42 Å². The van der Waals surface area contributed by atoms with Crippen LogP contribution in [0.5, 0.6) is 5.75 Å². The topological polar surface area (TPSA) is 64.0 Å². The summed E-state index contributed by atoms with van der Waals surface area (Å²) < 4.78 is 0. The van der Waals surface area contributed by atoms with E-state index in [1.54, 1.807) is 13.0 Å². The number of fused-ring (bicyclic) bond motifs is 1. The van der Waals surface area contributed by atoms with E-state index < -0.39 is 0 Å². The van der Waals surface area contributed by atoms with Crippen LogP contribution in [0.3, 0.4) is 0 Å². The molecular weight excluding hydrogens is 328 g/mol. The van der Waals surface area contributed by atoms with Gasteiger partial charge in [-0.25, -0.2) is 0 Å². The highest BCUT2D eigenvalue weighted by atomic mass is 16.3. The molecule has 3 fully saturated rings. The second kappa shape index (κ2) is 5.46. The molecular formula is C21H28N2O3. The van der Waals surface area contributed by atoms with Gasteiger partial charge in [0.05, 0.1) is 5.69 Å². The number of para-hydroxylation sites is 1. The number of piperidine rings is 1. The van der Waals surface area contributed by atoms with Crippen LogP contribution in [0.25, 0.3) is 0 Å². The van der Waals surface area contributed by atoms with Crippen molar-refractivity contribution < 1.29 is 15.0 Å². The zero-order valence-corrected chi connectivity index (χ0v) is 15.4. The summed E-state index contributed by atoms with van der Waals surface area (Å²) in [5.41, 5.74) is 1.94. The number of aromatic hydroxyl groups is 1. The normalized spacial score (nSPS) is 38.0. The van der Waals surface area contributed by atoms with Crippen LogP contribution in [0, 0.1) is 5.41 Å². The maximum absolute atomic E-state index is 12.6. The standard InChI is InChI=1S/C21H28N2O3/c1-14(25)23-17-6-8-20(10-13-24)7-3-11-22-12-9-21(17,19(20)22)15-4-2-5-16(26)18(15)23/h2,4-5,17,19,24,26H,3,6-13H2,1H3/t17-,19-,20-,21-/m1/s1. The van der Waals surface area contributed by atoms with Gasteiger partial charge < -0.3 is 15.1 Å². The van der Waals surface area contributed by atoms with Crippen molar-refractivity contribution in [3.63, 3.8) is 0 Å². The summed E-state index contributed by atoms with van der Waals surface area (Å²) in [6, 6.07) is 6.26. The molecule has 1 saturated carbocycles. The van der Waals surface area contributed by atoms with Gasteiger partial charge in [-0.2, -0.15) is 0 Å². The van der Waals surface area contributed by atoms with E-state index >= 15 is 0 Å². The molecule has 5 rings (SSSR count). The lowest BCUT2D eigenvalue weighted by Gasteiger charge is -2.58. The number of anilines is 1. The molecule has 0 radical (unpaired) electrons. The van der Waals surface area contributed by atoms with Crippen LogP contribution in [0.2, 0.25) is 0 Å². The van der Waals surface area contributed by atoms with E-state index in [4.69, 9.17) is 0 Å². The number of amides is 1. The van der Waals surface area contributed by atoms with E-state index in [9.17, 15) is 15.0 Å². The zero-order valence-electron chi connectivity index (χ0n) is 15.4. The minimum atomic E-state index is -0.104. The fourth-order valence-electron chi connectivity index (χ4n) is 7.28. The summed E-state index contributed by atoms with van der Waals surface area (Å²) in [5.74, 6) is 0.252.